The first-order valence-corrected chi connectivity index (χ1v) is 5.26. The van der Waals surface area contributed by atoms with E-state index in [-0.39, 0.29) is 12.4 Å². The minimum Gasteiger partial charge on any atom is -0.465 e. The number of nitrogens with two attached hydrogens (primary N) is 1. The van der Waals surface area contributed by atoms with E-state index in [2.05, 4.69) is 4.74 Å². The largest absolute Gasteiger partial charge is 0.465 e. The van der Waals surface area contributed by atoms with Crippen LogP contribution in [0.3, 0.4) is 0 Å². The first-order chi connectivity index (χ1) is 8.17. The third kappa shape index (κ3) is 4.24. The Kier molecular flexibility index (Phi) is 5.16. The summed E-state index contributed by atoms with van der Waals surface area (Å²) in [5, 5.41) is 0. The van der Waals surface area contributed by atoms with E-state index in [0.717, 1.165) is 0 Å². The molecular formula is C12H15NO4. The molecule has 0 amide bonds. The molecule has 0 unspecified atom stereocenters. The second-order valence-corrected chi connectivity index (χ2v) is 3.38. The molecule has 0 aliphatic carbocycles. The Morgan fingerprint density at radius 2 is 1.88 bits per heavy atom. The van der Waals surface area contributed by atoms with Crippen LogP contribution in [0.2, 0.25) is 0 Å². The van der Waals surface area contributed by atoms with Crippen LogP contribution in [0.5, 0.6) is 5.75 Å². The Labute approximate surface area is 99.5 Å². The van der Waals surface area contributed by atoms with Gasteiger partial charge in [0.05, 0.1) is 12.7 Å². The highest BCUT2D eigenvalue weighted by atomic mass is 16.5. The van der Waals surface area contributed by atoms with Crippen LogP contribution in [-0.2, 0) is 9.53 Å². The molecule has 0 heterocycles. The zero-order valence-corrected chi connectivity index (χ0v) is 9.64. The van der Waals surface area contributed by atoms with Crippen molar-refractivity contribution in [2.75, 3.05) is 13.7 Å². The van der Waals surface area contributed by atoms with Crippen molar-refractivity contribution in [3.05, 3.63) is 29.8 Å². The fourth-order valence-corrected chi connectivity index (χ4v) is 1.21. The molecule has 0 aliphatic rings. The Morgan fingerprint density at radius 3 is 2.41 bits per heavy atom. The third-order valence-electron chi connectivity index (χ3n) is 2.09. The second kappa shape index (κ2) is 6.65. The number of hydrogen-bond donors (Lipinski definition) is 1. The molecule has 17 heavy (non-hydrogen) atoms. The average Bonchev–Trinajstić information content (AvgIpc) is 2.36. The number of carbonyl (C=O) groups excluding carboxylic acids is 2. The fraction of sp³-hybridized carbons (Fsp3) is 0.333. The van der Waals surface area contributed by atoms with Gasteiger partial charge in [-0.3, -0.25) is 4.79 Å². The van der Waals surface area contributed by atoms with Gasteiger partial charge in [-0.25, -0.2) is 4.79 Å². The van der Waals surface area contributed by atoms with Gasteiger partial charge in [-0.2, -0.15) is 0 Å². The Balaban J connectivity index is 2.56. The number of carbonyl (C=O) groups is 2. The van der Waals surface area contributed by atoms with Gasteiger partial charge in [0, 0.05) is 6.42 Å². The van der Waals surface area contributed by atoms with Gasteiger partial charge in [0.15, 0.2) is 0 Å². The van der Waals surface area contributed by atoms with Crippen LogP contribution in [0.4, 0.5) is 0 Å². The van der Waals surface area contributed by atoms with Crippen molar-refractivity contribution < 1.29 is 19.1 Å². The third-order valence-corrected chi connectivity index (χ3v) is 2.09. The van der Waals surface area contributed by atoms with E-state index in [0.29, 0.717) is 24.3 Å². The van der Waals surface area contributed by atoms with Gasteiger partial charge < -0.3 is 15.2 Å². The number of esters is 2. The number of ether oxygens (including phenoxy) is 2. The minimum atomic E-state index is -0.425. The molecule has 0 radical (unpaired) electrons. The first kappa shape index (κ1) is 13.2. The van der Waals surface area contributed by atoms with Crippen molar-refractivity contribution in [3.63, 3.8) is 0 Å². The molecule has 5 nitrogen and oxygen atoms in total. The van der Waals surface area contributed by atoms with Crippen molar-refractivity contribution in [3.8, 4) is 5.75 Å². The predicted octanol–water partition coefficient (Wildman–Crippen LogP) is 1.12. The molecule has 0 fully saturated rings. The lowest BCUT2D eigenvalue weighted by molar-refractivity contribution is -0.134. The topological polar surface area (TPSA) is 78.6 Å². The van der Waals surface area contributed by atoms with E-state index in [1.165, 1.54) is 19.2 Å². The molecule has 1 rings (SSSR count). The molecule has 0 bridgehead atoms. The highest BCUT2D eigenvalue weighted by Gasteiger charge is 2.07. The number of rotatable bonds is 5. The van der Waals surface area contributed by atoms with E-state index in [9.17, 15) is 9.59 Å². The zero-order chi connectivity index (χ0) is 12.7. The average molecular weight is 237 g/mol. The zero-order valence-electron chi connectivity index (χ0n) is 9.64. The molecule has 0 saturated heterocycles. The van der Waals surface area contributed by atoms with E-state index < -0.39 is 5.97 Å². The standard InChI is InChI=1S/C12H15NO4/c1-16-12(15)9-4-6-10(7-5-9)17-11(14)3-2-8-13/h4-7H,2-3,8,13H2,1H3. The molecular weight excluding hydrogens is 222 g/mol. The molecule has 0 spiro atoms. The fourth-order valence-electron chi connectivity index (χ4n) is 1.21. The number of methoxy groups -OCH3 is 1. The Morgan fingerprint density at radius 1 is 1.24 bits per heavy atom. The second-order valence-electron chi connectivity index (χ2n) is 3.38. The number of hydrogen-bond acceptors (Lipinski definition) is 5. The van der Waals surface area contributed by atoms with Crippen LogP contribution in [0.25, 0.3) is 0 Å². The summed E-state index contributed by atoms with van der Waals surface area (Å²) in [5.41, 5.74) is 5.69. The maximum Gasteiger partial charge on any atom is 0.337 e. The van der Waals surface area contributed by atoms with Gasteiger partial charge in [0.25, 0.3) is 0 Å². The highest BCUT2D eigenvalue weighted by Crippen LogP contribution is 2.13. The van der Waals surface area contributed by atoms with E-state index in [1.807, 2.05) is 0 Å². The molecule has 2 N–H and O–H groups in total. The van der Waals surface area contributed by atoms with Crippen LogP contribution in [0, 0.1) is 0 Å². The smallest absolute Gasteiger partial charge is 0.337 e. The lowest BCUT2D eigenvalue weighted by Crippen LogP contribution is -2.10. The van der Waals surface area contributed by atoms with Gasteiger partial charge >= 0.3 is 11.9 Å². The molecule has 1 aromatic carbocycles. The summed E-state index contributed by atoms with van der Waals surface area (Å²) >= 11 is 0. The van der Waals surface area contributed by atoms with Crippen LogP contribution in [0.15, 0.2) is 24.3 Å². The Hall–Kier alpha value is -1.88. The summed E-state index contributed by atoms with van der Waals surface area (Å²) in [4.78, 5) is 22.4. The quantitative estimate of drug-likeness (QED) is 0.613. The summed E-state index contributed by atoms with van der Waals surface area (Å²) in [5.74, 6) is -0.355. The van der Waals surface area contributed by atoms with Gasteiger partial charge in [-0.15, -0.1) is 0 Å². The monoisotopic (exact) mass is 237 g/mol. The Bertz CT molecular complexity index is 386. The SMILES string of the molecule is COC(=O)c1ccc(OC(=O)CCCN)cc1. The van der Waals surface area contributed by atoms with Crippen LogP contribution >= 0.6 is 0 Å². The first-order valence-electron chi connectivity index (χ1n) is 5.26. The maximum absolute atomic E-state index is 11.3. The highest BCUT2D eigenvalue weighted by molar-refractivity contribution is 5.89. The minimum absolute atomic E-state index is 0.287. The van der Waals surface area contributed by atoms with Gasteiger partial charge in [-0.05, 0) is 37.2 Å². The van der Waals surface area contributed by atoms with Crippen molar-refractivity contribution in [1.29, 1.82) is 0 Å². The molecule has 0 atom stereocenters. The molecule has 0 aliphatic heterocycles. The maximum atomic E-state index is 11.3. The normalized spacial score (nSPS) is 9.76. The van der Waals surface area contributed by atoms with E-state index in [1.54, 1.807) is 12.1 Å². The molecule has 92 valence electrons. The molecule has 0 aromatic heterocycles. The van der Waals surface area contributed by atoms with Crippen LogP contribution < -0.4 is 10.5 Å². The van der Waals surface area contributed by atoms with Crippen LogP contribution in [-0.4, -0.2) is 25.6 Å². The number of benzene rings is 1. The van der Waals surface area contributed by atoms with Gasteiger partial charge in [0.2, 0.25) is 0 Å². The predicted molar refractivity (Wildman–Crippen MR) is 61.7 cm³/mol. The van der Waals surface area contributed by atoms with E-state index in [4.69, 9.17) is 10.5 Å². The van der Waals surface area contributed by atoms with Crippen molar-refractivity contribution >= 4 is 11.9 Å². The summed E-state index contributed by atoms with van der Waals surface area (Å²) in [6.45, 7) is 0.455. The summed E-state index contributed by atoms with van der Waals surface area (Å²) in [6, 6.07) is 6.17. The lowest BCUT2D eigenvalue weighted by atomic mass is 10.2. The van der Waals surface area contributed by atoms with Gasteiger partial charge in [0.1, 0.15) is 5.75 Å². The van der Waals surface area contributed by atoms with E-state index >= 15 is 0 Å². The van der Waals surface area contributed by atoms with Crippen molar-refractivity contribution in [1.82, 2.24) is 0 Å². The van der Waals surface area contributed by atoms with Gasteiger partial charge in [-0.1, -0.05) is 0 Å². The lowest BCUT2D eigenvalue weighted by Gasteiger charge is -2.04. The molecule has 1 aromatic rings. The summed E-state index contributed by atoms with van der Waals surface area (Å²) in [6.07, 6.45) is 0.883. The van der Waals surface area contributed by atoms with Crippen LogP contribution in [0.1, 0.15) is 23.2 Å². The summed E-state index contributed by atoms with van der Waals surface area (Å²) in [7, 11) is 1.31. The summed E-state index contributed by atoms with van der Waals surface area (Å²) < 4.78 is 9.59. The van der Waals surface area contributed by atoms with Crippen molar-refractivity contribution in [2.24, 2.45) is 5.73 Å². The van der Waals surface area contributed by atoms with Crippen molar-refractivity contribution in [2.45, 2.75) is 12.8 Å². The molecule has 0 saturated carbocycles. The molecule has 5 heteroatoms.